The minimum atomic E-state index is -0.533. The highest BCUT2D eigenvalue weighted by Crippen LogP contribution is 2.16. The largest absolute Gasteiger partial charge is 0.489 e. The van der Waals surface area contributed by atoms with Gasteiger partial charge in [-0.3, -0.25) is 0 Å². The van der Waals surface area contributed by atoms with E-state index in [2.05, 4.69) is 5.32 Å². The van der Waals surface area contributed by atoms with Crippen LogP contribution in [0.4, 0.5) is 4.39 Å². The van der Waals surface area contributed by atoms with Crippen LogP contribution in [0.15, 0.2) is 78.9 Å². The molecule has 3 aromatic rings. The molecule has 0 heterocycles. The number of halogens is 2. The lowest BCUT2D eigenvalue weighted by Gasteiger charge is -2.13. The van der Waals surface area contributed by atoms with Crippen LogP contribution in [-0.4, -0.2) is 11.7 Å². The third-order valence-corrected chi connectivity index (χ3v) is 4.07. The molecule has 0 saturated heterocycles. The number of ether oxygens (including phenoxy) is 1. The summed E-state index contributed by atoms with van der Waals surface area (Å²) in [6, 6.07) is 23.7. The van der Waals surface area contributed by atoms with Crippen LogP contribution in [-0.2, 0) is 13.2 Å². The molecule has 0 saturated carbocycles. The molecule has 0 amide bonds. The van der Waals surface area contributed by atoms with E-state index < -0.39 is 6.10 Å². The molecule has 3 aromatic carbocycles. The minimum absolute atomic E-state index is 0. The summed E-state index contributed by atoms with van der Waals surface area (Å²) in [5.74, 6) is 0.511. The van der Waals surface area contributed by atoms with Crippen molar-refractivity contribution < 1.29 is 14.2 Å². The highest BCUT2D eigenvalue weighted by Gasteiger charge is 2.06. The summed E-state index contributed by atoms with van der Waals surface area (Å²) in [5.41, 5.74) is 2.89. The zero-order chi connectivity index (χ0) is 18.2. The molecule has 0 aliphatic heterocycles. The van der Waals surface area contributed by atoms with E-state index in [-0.39, 0.29) is 18.2 Å². The van der Waals surface area contributed by atoms with E-state index in [4.69, 9.17) is 4.74 Å². The number of hydrogen-bond donors (Lipinski definition) is 2. The van der Waals surface area contributed by atoms with Gasteiger partial charge in [-0.25, -0.2) is 4.39 Å². The molecular formula is C22H23ClFNO2. The first-order valence-electron chi connectivity index (χ1n) is 8.60. The van der Waals surface area contributed by atoms with Crippen molar-refractivity contribution in [1.29, 1.82) is 0 Å². The predicted molar refractivity (Wildman–Crippen MR) is 108 cm³/mol. The lowest BCUT2D eigenvalue weighted by atomic mass is 10.1. The smallest absolute Gasteiger partial charge is 0.123 e. The summed E-state index contributed by atoms with van der Waals surface area (Å²) in [6.07, 6.45) is -0.533. The first kappa shape index (κ1) is 20.9. The van der Waals surface area contributed by atoms with Gasteiger partial charge in [-0.2, -0.15) is 0 Å². The molecule has 3 rings (SSSR count). The Morgan fingerprint density at radius 3 is 2.37 bits per heavy atom. The van der Waals surface area contributed by atoms with Crippen molar-refractivity contribution in [3.05, 3.63) is 101 Å². The van der Waals surface area contributed by atoms with Crippen LogP contribution in [0.5, 0.6) is 5.75 Å². The predicted octanol–water partition coefficient (Wildman–Crippen LogP) is 4.65. The second kappa shape index (κ2) is 10.7. The number of nitrogens with one attached hydrogen (secondary N) is 1. The van der Waals surface area contributed by atoms with Gasteiger partial charge in [0.05, 0.1) is 6.10 Å². The van der Waals surface area contributed by atoms with E-state index in [0.29, 0.717) is 19.7 Å². The van der Waals surface area contributed by atoms with E-state index in [1.54, 1.807) is 12.1 Å². The van der Waals surface area contributed by atoms with Crippen molar-refractivity contribution in [3.63, 3.8) is 0 Å². The summed E-state index contributed by atoms with van der Waals surface area (Å²) in [5, 5.41) is 13.4. The van der Waals surface area contributed by atoms with E-state index >= 15 is 0 Å². The topological polar surface area (TPSA) is 41.5 Å². The molecule has 2 N–H and O–H groups in total. The first-order chi connectivity index (χ1) is 12.7. The maximum Gasteiger partial charge on any atom is 0.123 e. The molecule has 0 aliphatic carbocycles. The fourth-order valence-corrected chi connectivity index (χ4v) is 2.64. The molecular weight excluding hydrogens is 365 g/mol. The summed E-state index contributed by atoms with van der Waals surface area (Å²) in [6.45, 7) is 1.51. The summed E-state index contributed by atoms with van der Waals surface area (Å²) in [7, 11) is 0. The van der Waals surface area contributed by atoms with Gasteiger partial charge >= 0.3 is 0 Å². The number of rotatable bonds is 8. The third-order valence-electron chi connectivity index (χ3n) is 4.07. The van der Waals surface area contributed by atoms with Gasteiger partial charge < -0.3 is 15.2 Å². The Morgan fingerprint density at radius 1 is 0.889 bits per heavy atom. The maximum absolute atomic E-state index is 12.9. The van der Waals surface area contributed by atoms with Gasteiger partial charge in [0, 0.05) is 13.1 Å². The zero-order valence-electron chi connectivity index (χ0n) is 14.8. The molecule has 27 heavy (non-hydrogen) atoms. The standard InChI is InChI=1S/C22H22FNO2.ClH/c23-20-11-9-17(10-12-20)16-26-21-8-4-5-18(13-21)14-24-15-22(25)19-6-2-1-3-7-19;/h1-13,22,24-25H,14-16H2;1H. The SMILES string of the molecule is Cl.OC(CNCc1cccc(OCc2ccc(F)cc2)c1)c1ccccc1. The Morgan fingerprint density at radius 2 is 1.63 bits per heavy atom. The molecule has 0 aromatic heterocycles. The van der Waals surface area contributed by atoms with Crippen LogP contribution < -0.4 is 10.1 Å². The zero-order valence-corrected chi connectivity index (χ0v) is 15.7. The maximum atomic E-state index is 12.9. The quantitative estimate of drug-likeness (QED) is 0.591. The third kappa shape index (κ3) is 6.68. The molecule has 0 fully saturated rings. The Balaban J connectivity index is 0.00000261. The van der Waals surface area contributed by atoms with E-state index in [9.17, 15) is 9.50 Å². The highest BCUT2D eigenvalue weighted by molar-refractivity contribution is 5.85. The molecule has 0 bridgehead atoms. The Kier molecular flexibility index (Phi) is 8.27. The van der Waals surface area contributed by atoms with Gasteiger partial charge in [-0.05, 0) is 41.0 Å². The van der Waals surface area contributed by atoms with Gasteiger partial charge in [0.15, 0.2) is 0 Å². The van der Waals surface area contributed by atoms with Gasteiger partial charge in [0.25, 0.3) is 0 Å². The molecule has 1 unspecified atom stereocenters. The van der Waals surface area contributed by atoms with Gasteiger partial charge in [0.2, 0.25) is 0 Å². The molecule has 0 aliphatic rings. The average molecular weight is 388 g/mol. The van der Waals surface area contributed by atoms with Crippen LogP contribution in [0.3, 0.4) is 0 Å². The Bertz CT molecular complexity index is 812. The van der Waals surface area contributed by atoms with Crippen molar-refractivity contribution in [2.24, 2.45) is 0 Å². The van der Waals surface area contributed by atoms with Gasteiger partial charge in [0.1, 0.15) is 18.2 Å². The second-order valence-electron chi connectivity index (χ2n) is 6.12. The summed E-state index contributed by atoms with van der Waals surface area (Å²) >= 11 is 0. The number of hydrogen-bond acceptors (Lipinski definition) is 3. The van der Waals surface area contributed by atoms with Gasteiger partial charge in [-0.15, -0.1) is 12.4 Å². The Hall–Kier alpha value is -2.40. The van der Waals surface area contributed by atoms with Crippen LogP contribution in [0.25, 0.3) is 0 Å². The highest BCUT2D eigenvalue weighted by atomic mass is 35.5. The molecule has 0 spiro atoms. The van der Waals surface area contributed by atoms with Crippen molar-refractivity contribution >= 4 is 12.4 Å². The van der Waals surface area contributed by atoms with E-state index in [0.717, 1.165) is 22.4 Å². The van der Waals surface area contributed by atoms with Crippen LogP contribution in [0.2, 0.25) is 0 Å². The fraction of sp³-hybridized carbons (Fsp3) is 0.182. The van der Waals surface area contributed by atoms with Gasteiger partial charge in [-0.1, -0.05) is 54.6 Å². The normalized spacial score (nSPS) is 11.5. The van der Waals surface area contributed by atoms with Crippen molar-refractivity contribution in [2.45, 2.75) is 19.3 Å². The molecule has 142 valence electrons. The summed E-state index contributed by atoms with van der Waals surface area (Å²) < 4.78 is 18.7. The molecule has 5 heteroatoms. The van der Waals surface area contributed by atoms with Crippen molar-refractivity contribution in [2.75, 3.05) is 6.54 Å². The number of benzene rings is 3. The minimum Gasteiger partial charge on any atom is -0.489 e. The molecule has 1 atom stereocenters. The lowest BCUT2D eigenvalue weighted by molar-refractivity contribution is 0.174. The van der Waals surface area contributed by atoms with E-state index in [1.807, 2.05) is 54.6 Å². The van der Waals surface area contributed by atoms with Crippen molar-refractivity contribution in [3.8, 4) is 5.75 Å². The Labute approximate surface area is 165 Å². The number of aliphatic hydroxyl groups excluding tert-OH is 1. The van der Waals surface area contributed by atoms with Crippen LogP contribution >= 0.6 is 12.4 Å². The first-order valence-corrected chi connectivity index (χ1v) is 8.60. The van der Waals surface area contributed by atoms with Crippen LogP contribution in [0, 0.1) is 5.82 Å². The molecule has 3 nitrogen and oxygen atoms in total. The monoisotopic (exact) mass is 387 g/mol. The number of aliphatic hydroxyl groups is 1. The molecule has 0 radical (unpaired) electrons. The van der Waals surface area contributed by atoms with E-state index in [1.165, 1.54) is 12.1 Å². The second-order valence-corrected chi connectivity index (χ2v) is 6.12. The lowest BCUT2D eigenvalue weighted by Crippen LogP contribution is -2.21. The van der Waals surface area contributed by atoms with Crippen molar-refractivity contribution in [1.82, 2.24) is 5.32 Å². The summed E-state index contributed by atoms with van der Waals surface area (Å²) in [4.78, 5) is 0. The van der Waals surface area contributed by atoms with Crippen LogP contribution in [0.1, 0.15) is 22.8 Å². The fourth-order valence-electron chi connectivity index (χ4n) is 2.64. The average Bonchev–Trinajstić information content (AvgIpc) is 2.68.